The summed E-state index contributed by atoms with van der Waals surface area (Å²) in [6, 6.07) is 9.73. The summed E-state index contributed by atoms with van der Waals surface area (Å²) in [5.41, 5.74) is 7.95. The number of aliphatic carboxylic acids is 2. The normalized spacial score (nSPS) is 9.57. The van der Waals surface area contributed by atoms with Crippen LogP contribution in [-0.2, 0) is 16.0 Å². The Morgan fingerprint density at radius 2 is 1.62 bits per heavy atom. The second kappa shape index (κ2) is 7.65. The van der Waals surface area contributed by atoms with Crippen molar-refractivity contribution in [3.05, 3.63) is 46.2 Å². The standard InChI is InChI=1S/C11H13N3O.C2H2O4/c12-7-6-9-10(13-14-11(9)15)8-4-2-1-3-5-8;3-1(4)2(5)6/h1-5H,6-7,12H2,(H2,13,14,15);(H,3,4)(H,5,6). The van der Waals surface area contributed by atoms with Gasteiger partial charge in [-0.1, -0.05) is 30.3 Å². The van der Waals surface area contributed by atoms with E-state index >= 15 is 0 Å². The van der Waals surface area contributed by atoms with E-state index in [1.54, 1.807) is 0 Å². The van der Waals surface area contributed by atoms with Gasteiger partial charge in [0.25, 0.3) is 5.56 Å². The number of nitrogens with two attached hydrogens (primary N) is 1. The summed E-state index contributed by atoms with van der Waals surface area (Å²) in [6.45, 7) is 0.473. The molecule has 2 rings (SSSR count). The minimum absolute atomic E-state index is 0.0840. The minimum atomic E-state index is -1.82. The molecule has 0 radical (unpaired) electrons. The van der Waals surface area contributed by atoms with Gasteiger partial charge < -0.3 is 15.9 Å². The Hall–Kier alpha value is -2.87. The zero-order valence-electron chi connectivity index (χ0n) is 11.0. The second-order valence-corrected chi connectivity index (χ2v) is 3.95. The molecule has 112 valence electrons. The summed E-state index contributed by atoms with van der Waals surface area (Å²) in [7, 11) is 0. The molecule has 0 amide bonds. The number of aromatic amines is 2. The average Bonchev–Trinajstić information content (AvgIpc) is 2.82. The maximum atomic E-state index is 11.5. The topological polar surface area (TPSA) is 149 Å². The fraction of sp³-hybridized carbons (Fsp3) is 0.154. The summed E-state index contributed by atoms with van der Waals surface area (Å²) in [5, 5.41) is 20.2. The smallest absolute Gasteiger partial charge is 0.414 e. The number of carbonyl (C=O) groups is 2. The number of aromatic nitrogens is 2. The van der Waals surface area contributed by atoms with Crippen LogP contribution in [0, 0.1) is 0 Å². The van der Waals surface area contributed by atoms with E-state index < -0.39 is 11.9 Å². The summed E-state index contributed by atoms with van der Waals surface area (Å²) in [6.07, 6.45) is 0.586. The van der Waals surface area contributed by atoms with Gasteiger partial charge in [0.05, 0.1) is 5.69 Å². The molecule has 6 N–H and O–H groups in total. The number of benzene rings is 1. The third kappa shape index (κ3) is 4.62. The molecule has 21 heavy (non-hydrogen) atoms. The van der Waals surface area contributed by atoms with E-state index in [4.69, 9.17) is 25.5 Å². The third-order valence-electron chi connectivity index (χ3n) is 2.52. The molecule has 1 aromatic heterocycles. The highest BCUT2D eigenvalue weighted by atomic mass is 16.4. The number of rotatable bonds is 3. The van der Waals surface area contributed by atoms with Gasteiger partial charge >= 0.3 is 11.9 Å². The molecule has 0 aliphatic rings. The van der Waals surface area contributed by atoms with Gasteiger partial charge in [0, 0.05) is 5.56 Å². The van der Waals surface area contributed by atoms with Gasteiger partial charge in [0.2, 0.25) is 0 Å². The first-order valence-corrected chi connectivity index (χ1v) is 5.98. The molecule has 0 aliphatic carbocycles. The van der Waals surface area contributed by atoms with Crippen molar-refractivity contribution in [1.29, 1.82) is 0 Å². The number of nitrogens with one attached hydrogen (secondary N) is 2. The summed E-state index contributed by atoms with van der Waals surface area (Å²) in [4.78, 5) is 29.7. The predicted octanol–water partition coefficient (Wildman–Crippen LogP) is 0.0268. The van der Waals surface area contributed by atoms with Crippen molar-refractivity contribution in [2.24, 2.45) is 5.73 Å². The maximum Gasteiger partial charge on any atom is 0.414 e. The zero-order chi connectivity index (χ0) is 15.8. The molecule has 0 fully saturated rings. The van der Waals surface area contributed by atoms with E-state index in [0.717, 1.165) is 16.8 Å². The van der Waals surface area contributed by atoms with Crippen LogP contribution in [-0.4, -0.2) is 38.9 Å². The molecule has 0 spiro atoms. The van der Waals surface area contributed by atoms with E-state index in [2.05, 4.69) is 10.2 Å². The first kappa shape index (κ1) is 16.2. The summed E-state index contributed by atoms with van der Waals surface area (Å²) < 4.78 is 0. The molecule has 0 atom stereocenters. The Morgan fingerprint density at radius 3 is 2.10 bits per heavy atom. The summed E-state index contributed by atoms with van der Waals surface area (Å²) in [5.74, 6) is -3.65. The van der Waals surface area contributed by atoms with Crippen molar-refractivity contribution in [1.82, 2.24) is 10.2 Å². The molecule has 0 unspecified atom stereocenters. The van der Waals surface area contributed by atoms with Gasteiger partial charge in [-0.05, 0) is 18.5 Å². The van der Waals surface area contributed by atoms with E-state index in [1.165, 1.54) is 0 Å². The van der Waals surface area contributed by atoms with Crippen LogP contribution in [0.15, 0.2) is 35.1 Å². The quantitative estimate of drug-likeness (QED) is 0.504. The van der Waals surface area contributed by atoms with Crippen molar-refractivity contribution >= 4 is 11.9 Å². The molecule has 0 saturated heterocycles. The van der Waals surface area contributed by atoms with E-state index in [9.17, 15) is 4.79 Å². The second-order valence-electron chi connectivity index (χ2n) is 3.95. The third-order valence-corrected chi connectivity index (χ3v) is 2.52. The van der Waals surface area contributed by atoms with E-state index in [0.29, 0.717) is 13.0 Å². The Balaban J connectivity index is 0.000000315. The first-order valence-electron chi connectivity index (χ1n) is 5.98. The maximum absolute atomic E-state index is 11.5. The van der Waals surface area contributed by atoms with Crippen LogP contribution in [0.2, 0.25) is 0 Å². The van der Waals surface area contributed by atoms with Crippen LogP contribution in [0.5, 0.6) is 0 Å². The van der Waals surface area contributed by atoms with Crippen molar-refractivity contribution in [2.45, 2.75) is 6.42 Å². The number of carboxylic acid groups (broad SMARTS) is 2. The zero-order valence-corrected chi connectivity index (χ0v) is 11.0. The fourth-order valence-corrected chi connectivity index (χ4v) is 1.62. The molecule has 0 bridgehead atoms. The van der Waals surface area contributed by atoms with E-state index in [1.807, 2.05) is 30.3 Å². The molecule has 1 heterocycles. The first-order chi connectivity index (χ1) is 9.97. The number of hydrogen-bond acceptors (Lipinski definition) is 4. The highest BCUT2D eigenvalue weighted by molar-refractivity contribution is 6.27. The van der Waals surface area contributed by atoms with E-state index in [-0.39, 0.29) is 5.56 Å². The van der Waals surface area contributed by atoms with Gasteiger partial charge in [-0.3, -0.25) is 15.0 Å². The van der Waals surface area contributed by atoms with Gasteiger partial charge in [0.1, 0.15) is 0 Å². The average molecular weight is 293 g/mol. The molecular formula is C13H15N3O5. The van der Waals surface area contributed by atoms with Gasteiger partial charge in [0.15, 0.2) is 0 Å². The molecule has 0 aliphatic heterocycles. The highest BCUT2D eigenvalue weighted by Crippen LogP contribution is 2.18. The Kier molecular flexibility index (Phi) is 5.90. The Bertz CT molecular complexity index is 648. The molecule has 1 aromatic carbocycles. The number of H-pyrrole nitrogens is 2. The SMILES string of the molecule is NCCc1c(-c2ccccc2)[nH][nH]c1=O.O=C(O)C(=O)O. The van der Waals surface area contributed by atoms with Gasteiger partial charge in [-0.15, -0.1) is 0 Å². The van der Waals surface area contributed by atoms with Gasteiger partial charge in [-0.25, -0.2) is 9.59 Å². The Labute approximate surface area is 119 Å². The molecule has 8 heteroatoms. The van der Waals surface area contributed by atoms with Gasteiger partial charge in [-0.2, -0.15) is 0 Å². The molecular weight excluding hydrogens is 278 g/mol. The van der Waals surface area contributed by atoms with Crippen LogP contribution < -0.4 is 11.3 Å². The summed E-state index contributed by atoms with van der Waals surface area (Å²) >= 11 is 0. The predicted molar refractivity (Wildman–Crippen MR) is 74.9 cm³/mol. The van der Waals surface area contributed by atoms with Crippen LogP contribution in [0.25, 0.3) is 11.3 Å². The monoisotopic (exact) mass is 293 g/mol. The lowest BCUT2D eigenvalue weighted by atomic mass is 10.1. The minimum Gasteiger partial charge on any atom is -0.473 e. The lowest BCUT2D eigenvalue weighted by molar-refractivity contribution is -0.159. The molecule has 0 saturated carbocycles. The fourth-order valence-electron chi connectivity index (χ4n) is 1.62. The van der Waals surface area contributed by atoms with Crippen LogP contribution in [0.4, 0.5) is 0 Å². The van der Waals surface area contributed by atoms with Crippen molar-refractivity contribution in [3.8, 4) is 11.3 Å². The van der Waals surface area contributed by atoms with Crippen molar-refractivity contribution in [2.75, 3.05) is 6.54 Å². The molecule has 2 aromatic rings. The lowest BCUT2D eigenvalue weighted by Crippen LogP contribution is -2.12. The highest BCUT2D eigenvalue weighted by Gasteiger charge is 2.09. The number of carboxylic acids is 2. The largest absolute Gasteiger partial charge is 0.473 e. The van der Waals surface area contributed by atoms with Crippen LogP contribution >= 0.6 is 0 Å². The van der Waals surface area contributed by atoms with Crippen LogP contribution in [0.1, 0.15) is 5.56 Å². The Morgan fingerprint density at radius 1 is 1.05 bits per heavy atom. The lowest BCUT2D eigenvalue weighted by Gasteiger charge is -2.00. The van der Waals surface area contributed by atoms with Crippen molar-refractivity contribution in [3.63, 3.8) is 0 Å². The van der Waals surface area contributed by atoms with Crippen LogP contribution in [0.3, 0.4) is 0 Å². The van der Waals surface area contributed by atoms with Crippen molar-refractivity contribution < 1.29 is 19.8 Å². The number of hydrogen-bond donors (Lipinski definition) is 5. The molecule has 8 nitrogen and oxygen atoms in total.